The summed E-state index contributed by atoms with van der Waals surface area (Å²) >= 11 is 0. The molecule has 1 saturated carbocycles. The van der Waals surface area contributed by atoms with Crippen LogP contribution >= 0.6 is 0 Å². The SMILES string of the molecule is CCCCCCCCCCC(=O)C1CC1(C)C. The fourth-order valence-corrected chi connectivity index (χ4v) is 2.62. The topological polar surface area (TPSA) is 17.1 Å². The molecule has 0 aromatic heterocycles. The van der Waals surface area contributed by atoms with Crippen LogP contribution in [-0.4, -0.2) is 5.78 Å². The van der Waals surface area contributed by atoms with Gasteiger partial charge in [-0.1, -0.05) is 65.7 Å². The lowest BCUT2D eigenvalue weighted by atomic mass is 10.0. The van der Waals surface area contributed by atoms with Crippen LogP contribution in [-0.2, 0) is 4.79 Å². The Balaban J connectivity index is 1.86. The predicted octanol–water partition coefficient (Wildman–Crippen LogP) is 5.13. The molecule has 0 aliphatic heterocycles. The van der Waals surface area contributed by atoms with Crippen LogP contribution in [0.15, 0.2) is 0 Å². The summed E-state index contributed by atoms with van der Waals surface area (Å²) in [7, 11) is 0. The smallest absolute Gasteiger partial charge is 0.136 e. The van der Waals surface area contributed by atoms with Crippen LogP contribution in [0.2, 0.25) is 0 Å². The molecule has 1 atom stereocenters. The van der Waals surface area contributed by atoms with Gasteiger partial charge >= 0.3 is 0 Å². The van der Waals surface area contributed by atoms with Gasteiger partial charge in [0.1, 0.15) is 5.78 Å². The first kappa shape index (κ1) is 14.7. The van der Waals surface area contributed by atoms with Crippen molar-refractivity contribution >= 4 is 5.78 Å². The van der Waals surface area contributed by atoms with E-state index in [9.17, 15) is 4.79 Å². The Kier molecular flexibility index (Phi) is 6.22. The van der Waals surface area contributed by atoms with Gasteiger partial charge in [-0.15, -0.1) is 0 Å². The van der Waals surface area contributed by atoms with E-state index < -0.39 is 0 Å². The van der Waals surface area contributed by atoms with E-state index in [1.807, 2.05) is 0 Å². The summed E-state index contributed by atoms with van der Waals surface area (Å²) < 4.78 is 0. The zero-order valence-corrected chi connectivity index (χ0v) is 12.1. The van der Waals surface area contributed by atoms with Crippen LogP contribution in [0.25, 0.3) is 0 Å². The lowest BCUT2D eigenvalue weighted by Gasteiger charge is -2.03. The third-order valence-corrected chi connectivity index (χ3v) is 4.18. The number of carbonyl (C=O) groups is 1. The van der Waals surface area contributed by atoms with Crippen molar-refractivity contribution in [3.05, 3.63) is 0 Å². The third-order valence-electron chi connectivity index (χ3n) is 4.18. The molecule has 1 heteroatoms. The number of hydrogen-bond acceptors (Lipinski definition) is 1. The summed E-state index contributed by atoms with van der Waals surface area (Å²) in [5.41, 5.74) is 0.331. The van der Waals surface area contributed by atoms with Crippen molar-refractivity contribution in [3.63, 3.8) is 0 Å². The molecule has 1 unspecified atom stereocenters. The van der Waals surface area contributed by atoms with Gasteiger partial charge in [0.05, 0.1) is 0 Å². The van der Waals surface area contributed by atoms with Crippen molar-refractivity contribution in [1.29, 1.82) is 0 Å². The quantitative estimate of drug-likeness (QED) is 0.482. The van der Waals surface area contributed by atoms with E-state index in [-0.39, 0.29) is 0 Å². The predicted molar refractivity (Wildman–Crippen MR) is 74.1 cm³/mol. The summed E-state index contributed by atoms with van der Waals surface area (Å²) in [5.74, 6) is 0.924. The minimum absolute atomic E-state index is 0.331. The van der Waals surface area contributed by atoms with E-state index in [4.69, 9.17) is 0 Å². The highest BCUT2D eigenvalue weighted by Crippen LogP contribution is 2.52. The second kappa shape index (κ2) is 7.18. The number of Topliss-reactive ketones (excluding diaryl/α,β-unsaturated/α-hetero) is 1. The van der Waals surface area contributed by atoms with Gasteiger partial charge in [-0.2, -0.15) is 0 Å². The van der Waals surface area contributed by atoms with Crippen molar-refractivity contribution in [2.75, 3.05) is 0 Å². The average Bonchev–Trinajstić information content (AvgIpc) is 2.91. The molecule has 0 aromatic rings. The minimum Gasteiger partial charge on any atom is -0.299 e. The van der Waals surface area contributed by atoms with Gasteiger partial charge in [0.25, 0.3) is 0 Å². The zero-order chi connectivity index (χ0) is 12.7. The number of unbranched alkanes of at least 4 members (excludes halogenated alkanes) is 7. The summed E-state index contributed by atoms with van der Waals surface area (Å²) in [5, 5.41) is 0. The number of hydrogen-bond donors (Lipinski definition) is 0. The second-order valence-corrected chi connectivity index (χ2v) is 6.44. The molecule has 0 bridgehead atoms. The molecule has 1 aliphatic rings. The Bertz CT molecular complexity index is 230. The van der Waals surface area contributed by atoms with Gasteiger partial charge in [-0.25, -0.2) is 0 Å². The van der Waals surface area contributed by atoms with Gasteiger partial charge in [0.2, 0.25) is 0 Å². The lowest BCUT2D eigenvalue weighted by molar-refractivity contribution is -0.121. The van der Waals surface area contributed by atoms with E-state index in [2.05, 4.69) is 20.8 Å². The van der Waals surface area contributed by atoms with Crippen molar-refractivity contribution in [2.24, 2.45) is 11.3 Å². The van der Waals surface area contributed by atoms with E-state index in [1.165, 1.54) is 44.9 Å². The molecule has 0 heterocycles. The number of rotatable bonds is 10. The molecule has 0 radical (unpaired) electrons. The molecule has 0 saturated heterocycles. The van der Waals surface area contributed by atoms with E-state index in [0.29, 0.717) is 17.1 Å². The Labute approximate surface area is 107 Å². The summed E-state index contributed by atoms with van der Waals surface area (Å²) in [6.45, 7) is 6.68. The molecule has 0 N–H and O–H groups in total. The molecule has 1 aliphatic carbocycles. The number of ketones is 1. The van der Waals surface area contributed by atoms with Gasteiger partial charge in [0, 0.05) is 12.3 Å². The normalized spacial score (nSPS) is 21.5. The second-order valence-electron chi connectivity index (χ2n) is 6.44. The van der Waals surface area contributed by atoms with E-state index in [0.717, 1.165) is 19.3 Å². The zero-order valence-electron chi connectivity index (χ0n) is 12.1. The Hall–Kier alpha value is -0.330. The maximum absolute atomic E-state index is 11.8. The summed E-state index contributed by atoms with van der Waals surface area (Å²) in [4.78, 5) is 11.8. The fraction of sp³-hybridized carbons (Fsp3) is 0.938. The van der Waals surface area contributed by atoms with E-state index in [1.54, 1.807) is 0 Å². The molecule has 0 aromatic carbocycles. The minimum atomic E-state index is 0.331. The average molecular weight is 238 g/mol. The fourth-order valence-electron chi connectivity index (χ4n) is 2.62. The molecule has 0 spiro atoms. The summed E-state index contributed by atoms with van der Waals surface area (Å²) in [6, 6.07) is 0. The number of carbonyl (C=O) groups excluding carboxylic acids is 1. The first-order valence-electron chi connectivity index (χ1n) is 7.60. The van der Waals surface area contributed by atoms with Crippen LogP contribution in [0.5, 0.6) is 0 Å². The Morgan fingerprint density at radius 2 is 1.47 bits per heavy atom. The largest absolute Gasteiger partial charge is 0.299 e. The maximum Gasteiger partial charge on any atom is 0.136 e. The molecular formula is C16H30O. The first-order valence-corrected chi connectivity index (χ1v) is 7.60. The highest BCUT2D eigenvalue weighted by atomic mass is 16.1. The first-order chi connectivity index (χ1) is 8.08. The van der Waals surface area contributed by atoms with Crippen LogP contribution in [0.3, 0.4) is 0 Å². The van der Waals surface area contributed by atoms with Crippen LogP contribution in [0, 0.1) is 11.3 Å². The van der Waals surface area contributed by atoms with Gasteiger partial charge in [0.15, 0.2) is 0 Å². The highest BCUT2D eigenvalue weighted by Gasteiger charge is 2.49. The van der Waals surface area contributed by atoms with E-state index >= 15 is 0 Å². The van der Waals surface area contributed by atoms with Crippen LogP contribution < -0.4 is 0 Å². The Morgan fingerprint density at radius 1 is 1.00 bits per heavy atom. The molecule has 1 nitrogen and oxygen atoms in total. The molecular weight excluding hydrogens is 208 g/mol. The Morgan fingerprint density at radius 3 is 1.94 bits per heavy atom. The molecule has 1 rings (SSSR count). The molecule has 17 heavy (non-hydrogen) atoms. The third kappa shape index (κ3) is 5.70. The lowest BCUT2D eigenvalue weighted by Crippen LogP contribution is -2.05. The van der Waals surface area contributed by atoms with Crippen LogP contribution in [0.4, 0.5) is 0 Å². The van der Waals surface area contributed by atoms with Crippen molar-refractivity contribution < 1.29 is 4.79 Å². The molecule has 1 fully saturated rings. The molecule has 100 valence electrons. The van der Waals surface area contributed by atoms with Crippen molar-refractivity contribution in [3.8, 4) is 0 Å². The summed E-state index contributed by atoms with van der Waals surface area (Å²) in [6.07, 6.45) is 12.5. The van der Waals surface area contributed by atoms with Gasteiger partial charge in [-0.3, -0.25) is 4.79 Å². The maximum atomic E-state index is 11.8. The van der Waals surface area contributed by atoms with Crippen LogP contribution in [0.1, 0.15) is 85.0 Å². The van der Waals surface area contributed by atoms with Crippen molar-refractivity contribution in [2.45, 2.75) is 85.0 Å². The van der Waals surface area contributed by atoms with Gasteiger partial charge < -0.3 is 0 Å². The van der Waals surface area contributed by atoms with Crippen molar-refractivity contribution in [1.82, 2.24) is 0 Å². The highest BCUT2D eigenvalue weighted by molar-refractivity contribution is 5.84. The van der Waals surface area contributed by atoms with Gasteiger partial charge in [-0.05, 0) is 18.3 Å². The molecule has 0 amide bonds. The monoisotopic (exact) mass is 238 g/mol. The standard InChI is InChI=1S/C16H30O/c1-4-5-6-7-8-9-10-11-12-15(17)14-13-16(14,2)3/h14H,4-13H2,1-3H3.